The Morgan fingerprint density at radius 1 is 1.38 bits per heavy atom. The number of carbonyl (C=O) groups is 2. The number of urea groups is 1. The van der Waals surface area contributed by atoms with E-state index in [2.05, 4.69) is 5.32 Å². The fraction of sp³-hybridized carbons (Fsp3) is 0.273. The van der Waals surface area contributed by atoms with Gasteiger partial charge in [-0.2, -0.15) is 0 Å². The highest BCUT2D eigenvalue weighted by Gasteiger charge is 2.25. The highest BCUT2D eigenvalue weighted by molar-refractivity contribution is 6.30. The van der Waals surface area contributed by atoms with E-state index in [1.165, 1.54) is 4.90 Å². The summed E-state index contributed by atoms with van der Waals surface area (Å²) in [5, 5.41) is 3.22. The number of rotatable bonds is 2. The van der Waals surface area contributed by atoms with Crippen LogP contribution in [0.5, 0.6) is 0 Å². The summed E-state index contributed by atoms with van der Waals surface area (Å²) < 4.78 is 0. The topological polar surface area (TPSA) is 49.4 Å². The Kier molecular flexibility index (Phi) is 3.10. The van der Waals surface area contributed by atoms with Crippen LogP contribution in [-0.2, 0) is 11.2 Å². The van der Waals surface area contributed by atoms with E-state index in [0.29, 0.717) is 18.1 Å². The third-order valence-corrected chi connectivity index (χ3v) is 2.68. The van der Waals surface area contributed by atoms with E-state index >= 15 is 0 Å². The summed E-state index contributed by atoms with van der Waals surface area (Å²) in [4.78, 5) is 24.2. The summed E-state index contributed by atoms with van der Waals surface area (Å²) in [5.41, 5.74) is 0.856. The Morgan fingerprint density at radius 2 is 2.06 bits per heavy atom. The Balaban J connectivity index is 2.02. The molecule has 1 aromatic carbocycles. The molecule has 4 nitrogen and oxygen atoms in total. The van der Waals surface area contributed by atoms with Gasteiger partial charge in [-0.25, -0.2) is 4.79 Å². The molecule has 1 N–H and O–H groups in total. The normalized spacial score (nSPS) is 15.1. The first-order valence-corrected chi connectivity index (χ1v) is 5.37. The second-order valence-electron chi connectivity index (χ2n) is 3.58. The lowest BCUT2D eigenvalue weighted by Crippen LogP contribution is -2.35. The van der Waals surface area contributed by atoms with Crippen molar-refractivity contribution in [3.05, 3.63) is 34.9 Å². The lowest BCUT2D eigenvalue weighted by Gasteiger charge is -2.11. The molecule has 1 aromatic rings. The molecule has 16 heavy (non-hydrogen) atoms. The van der Waals surface area contributed by atoms with Crippen LogP contribution >= 0.6 is 11.6 Å². The van der Waals surface area contributed by atoms with Crippen LogP contribution in [0.3, 0.4) is 0 Å². The van der Waals surface area contributed by atoms with Crippen molar-refractivity contribution >= 4 is 23.5 Å². The van der Waals surface area contributed by atoms with Crippen LogP contribution in [0.4, 0.5) is 4.79 Å². The smallest absolute Gasteiger partial charge is 0.324 e. The summed E-state index contributed by atoms with van der Waals surface area (Å²) in [6, 6.07) is 6.73. The molecule has 0 spiro atoms. The van der Waals surface area contributed by atoms with Gasteiger partial charge in [-0.15, -0.1) is 0 Å². The van der Waals surface area contributed by atoms with Gasteiger partial charge in [0.2, 0.25) is 5.91 Å². The third-order valence-electron chi connectivity index (χ3n) is 2.43. The van der Waals surface area contributed by atoms with Crippen LogP contribution in [0.15, 0.2) is 24.3 Å². The van der Waals surface area contributed by atoms with Gasteiger partial charge in [0.25, 0.3) is 0 Å². The van der Waals surface area contributed by atoms with E-state index in [9.17, 15) is 9.59 Å². The molecule has 0 bridgehead atoms. The van der Waals surface area contributed by atoms with Crippen LogP contribution in [0, 0.1) is 0 Å². The SMILES string of the molecule is O=C(Cc1ccc(Cl)cc1)N1CCNC1=O. The molecule has 1 aliphatic rings. The second kappa shape index (κ2) is 4.53. The number of imide groups is 1. The summed E-state index contributed by atoms with van der Waals surface area (Å²) >= 11 is 5.74. The minimum absolute atomic E-state index is 0.183. The summed E-state index contributed by atoms with van der Waals surface area (Å²) in [6.07, 6.45) is 0.227. The lowest BCUT2D eigenvalue weighted by atomic mass is 10.1. The molecule has 0 unspecified atom stereocenters. The van der Waals surface area contributed by atoms with Crippen LogP contribution < -0.4 is 5.32 Å². The average Bonchev–Trinajstić information content (AvgIpc) is 2.68. The molecule has 1 heterocycles. The molecule has 3 amide bonds. The van der Waals surface area contributed by atoms with Gasteiger partial charge in [-0.05, 0) is 17.7 Å². The van der Waals surface area contributed by atoms with Gasteiger partial charge in [-0.3, -0.25) is 9.69 Å². The van der Waals surface area contributed by atoms with Crippen molar-refractivity contribution in [2.24, 2.45) is 0 Å². The minimum atomic E-state index is -0.307. The number of amides is 3. The van der Waals surface area contributed by atoms with Gasteiger partial charge in [0.05, 0.1) is 6.42 Å². The van der Waals surface area contributed by atoms with Crippen LogP contribution in [0.2, 0.25) is 5.02 Å². The molecule has 0 atom stereocenters. The highest BCUT2D eigenvalue weighted by atomic mass is 35.5. The van der Waals surface area contributed by atoms with E-state index in [0.717, 1.165) is 5.56 Å². The molecule has 5 heteroatoms. The fourth-order valence-corrected chi connectivity index (χ4v) is 1.71. The molecule has 84 valence electrons. The zero-order valence-electron chi connectivity index (χ0n) is 8.57. The molecular formula is C11H11ClN2O2. The molecule has 2 rings (SSSR count). The average molecular weight is 239 g/mol. The van der Waals surface area contributed by atoms with Crippen molar-refractivity contribution in [2.75, 3.05) is 13.1 Å². The first kappa shape index (κ1) is 11.0. The largest absolute Gasteiger partial charge is 0.336 e. The van der Waals surface area contributed by atoms with Crippen LogP contribution in [0.1, 0.15) is 5.56 Å². The Bertz CT molecular complexity index is 416. The standard InChI is InChI=1S/C11H11ClN2O2/c12-9-3-1-8(2-4-9)7-10(15)14-6-5-13-11(14)16/h1-4H,5-7H2,(H,13,16). The van der Waals surface area contributed by atoms with Crippen molar-refractivity contribution < 1.29 is 9.59 Å². The first-order chi connectivity index (χ1) is 7.66. The van der Waals surface area contributed by atoms with Gasteiger partial charge >= 0.3 is 6.03 Å². The van der Waals surface area contributed by atoms with Crippen molar-refractivity contribution in [3.63, 3.8) is 0 Å². The van der Waals surface area contributed by atoms with Gasteiger partial charge in [0, 0.05) is 18.1 Å². The summed E-state index contributed by atoms with van der Waals surface area (Å²) in [5.74, 6) is -0.183. The van der Waals surface area contributed by atoms with E-state index in [1.54, 1.807) is 24.3 Å². The highest BCUT2D eigenvalue weighted by Crippen LogP contribution is 2.11. The van der Waals surface area contributed by atoms with E-state index in [4.69, 9.17) is 11.6 Å². The Morgan fingerprint density at radius 3 is 2.62 bits per heavy atom. The molecule has 1 saturated heterocycles. The molecule has 0 aliphatic carbocycles. The number of nitrogens with one attached hydrogen (secondary N) is 1. The Hall–Kier alpha value is -1.55. The molecule has 1 fully saturated rings. The predicted molar refractivity (Wildman–Crippen MR) is 60.3 cm³/mol. The molecular weight excluding hydrogens is 228 g/mol. The van der Waals surface area contributed by atoms with Crippen molar-refractivity contribution in [2.45, 2.75) is 6.42 Å². The molecule has 0 aromatic heterocycles. The maximum Gasteiger partial charge on any atom is 0.324 e. The van der Waals surface area contributed by atoms with E-state index in [-0.39, 0.29) is 18.4 Å². The third kappa shape index (κ3) is 2.33. The first-order valence-electron chi connectivity index (χ1n) is 4.99. The maximum absolute atomic E-state index is 11.7. The quantitative estimate of drug-likeness (QED) is 0.848. The number of halogens is 1. The molecule has 0 saturated carbocycles. The van der Waals surface area contributed by atoms with Crippen molar-refractivity contribution in [3.8, 4) is 0 Å². The number of carbonyl (C=O) groups excluding carboxylic acids is 2. The van der Waals surface area contributed by atoms with Crippen molar-refractivity contribution in [1.29, 1.82) is 0 Å². The molecule has 0 radical (unpaired) electrons. The molecule has 1 aliphatic heterocycles. The summed E-state index contributed by atoms with van der Waals surface area (Å²) in [7, 11) is 0. The van der Waals surface area contributed by atoms with Gasteiger partial charge < -0.3 is 5.32 Å². The predicted octanol–water partition coefficient (Wildman–Crippen LogP) is 1.43. The van der Waals surface area contributed by atoms with Gasteiger partial charge in [-0.1, -0.05) is 23.7 Å². The Labute approximate surface area is 98.2 Å². The van der Waals surface area contributed by atoms with Gasteiger partial charge in [0.1, 0.15) is 0 Å². The van der Waals surface area contributed by atoms with Crippen molar-refractivity contribution in [1.82, 2.24) is 10.2 Å². The second-order valence-corrected chi connectivity index (χ2v) is 4.02. The minimum Gasteiger partial charge on any atom is -0.336 e. The van der Waals surface area contributed by atoms with Gasteiger partial charge in [0.15, 0.2) is 0 Å². The van der Waals surface area contributed by atoms with Crippen LogP contribution in [-0.4, -0.2) is 29.9 Å². The number of nitrogens with zero attached hydrogens (tertiary/aromatic N) is 1. The maximum atomic E-state index is 11.7. The summed E-state index contributed by atoms with van der Waals surface area (Å²) in [6.45, 7) is 0.983. The monoisotopic (exact) mass is 238 g/mol. The van der Waals surface area contributed by atoms with E-state index in [1.807, 2.05) is 0 Å². The fourth-order valence-electron chi connectivity index (χ4n) is 1.58. The number of hydrogen-bond donors (Lipinski definition) is 1. The van der Waals surface area contributed by atoms with E-state index < -0.39 is 0 Å². The lowest BCUT2D eigenvalue weighted by molar-refractivity contribution is -0.126. The number of hydrogen-bond acceptors (Lipinski definition) is 2. The zero-order chi connectivity index (χ0) is 11.5. The van der Waals surface area contributed by atoms with Crippen LogP contribution in [0.25, 0.3) is 0 Å². The number of benzene rings is 1. The zero-order valence-corrected chi connectivity index (χ0v) is 9.33.